The Bertz CT molecular complexity index is 948. The van der Waals surface area contributed by atoms with Crippen LogP contribution in [0.5, 0.6) is 5.75 Å². The average Bonchev–Trinajstić information content (AvgIpc) is 3.34. The second-order valence-corrected chi connectivity index (χ2v) is 6.26. The molecule has 0 fully saturated rings. The van der Waals surface area contributed by atoms with E-state index in [1.54, 1.807) is 30.3 Å². The van der Waals surface area contributed by atoms with E-state index in [1.807, 2.05) is 0 Å². The predicted octanol–water partition coefficient (Wildman–Crippen LogP) is 1.12. The highest BCUT2D eigenvalue weighted by Crippen LogP contribution is 2.35. The predicted molar refractivity (Wildman–Crippen MR) is 103 cm³/mol. The first-order valence-corrected chi connectivity index (χ1v) is 8.89. The number of anilines is 1. The quantitative estimate of drug-likeness (QED) is 0.562. The van der Waals surface area contributed by atoms with Gasteiger partial charge in [-0.2, -0.15) is 0 Å². The van der Waals surface area contributed by atoms with Crippen LogP contribution < -0.4 is 10.1 Å². The molecule has 2 heterocycles. The van der Waals surface area contributed by atoms with E-state index >= 15 is 0 Å². The minimum absolute atomic E-state index is 0.0309. The second-order valence-electron chi connectivity index (χ2n) is 6.26. The largest absolute Gasteiger partial charge is 0.497 e. The van der Waals surface area contributed by atoms with Crippen LogP contribution in [0.2, 0.25) is 0 Å². The molecule has 0 unspecified atom stereocenters. The molecule has 1 aliphatic rings. The molecule has 0 saturated carbocycles. The van der Waals surface area contributed by atoms with Crippen molar-refractivity contribution in [3.63, 3.8) is 0 Å². The molecule has 0 atom stereocenters. The highest BCUT2D eigenvalue weighted by atomic mass is 16.5. The van der Waals surface area contributed by atoms with Crippen molar-refractivity contribution in [3.8, 4) is 17.1 Å². The van der Waals surface area contributed by atoms with Crippen molar-refractivity contribution >= 4 is 17.6 Å². The van der Waals surface area contributed by atoms with Gasteiger partial charge in [0.05, 0.1) is 38.6 Å². The molecule has 0 bridgehead atoms. The highest BCUT2D eigenvalue weighted by molar-refractivity contribution is 6.09. The first-order valence-electron chi connectivity index (χ1n) is 8.89. The van der Waals surface area contributed by atoms with Crippen LogP contribution in [0.25, 0.3) is 11.3 Å². The van der Waals surface area contributed by atoms with Crippen molar-refractivity contribution in [2.45, 2.75) is 6.61 Å². The fraction of sp³-hybridized carbons (Fsp3) is 0.300. The van der Waals surface area contributed by atoms with Gasteiger partial charge in [-0.1, -0.05) is 0 Å². The Balaban J connectivity index is 2.04. The number of amides is 1. The summed E-state index contributed by atoms with van der Waals surface area (Å²) >= 11 is 0. The third-order valence-corrected chi connectivity index (χ3v) is 4.52. The van der Waals surface area contributed by atoms with Gasteiger partial charge in [0, 0.05) is 18.2 Å². The number of hydrogen-bond acceptors (Lipinski definition) is 8. The van der Waals surface area contributed by atoms with Crippen LogP contribution >= 0.6 is 0 Å². The third kappa shape index (κ3) is 4.10. The molecule has 0 radical (unpaired) electrons. The van der Waals surface area contributed by atoms with Gasteiger partial charge in [-0.25, -0.2) is 4.79 Å². The fourth-order valence-electron chi connectivity index (χ4n) is 3.06. The molecule has 1 aromatic carbocycles. The molecule has 154 valence electrons. The number of nitrogens with one attached hydrogen (secondary N) is 1. The molecule has 3 rings (SSSR count). The summed E-state index contributed by atoms with van der Waals surface area (Å²) in [6.07, 6.45) is 0. The van der Waals surface area contributed by atoms with E-state index in [0.29, 0.717) is 28.5 Å². The van der Waals surface area contributed by atoms with E-state index in [2.05, 4.69) is 5.32 Å². The zero-order valence-electron chi connectivity index (χ0n) is 16.1. The molecule has 9 heteroatoms. The minimum Gasteiger partial charge on any atom is -0.497 e. The number of rotatable bonds is 8. The summed E-state index contributed by atoms with van der Waals surface area (Å²) in [5.41, 5.74) is 1.30. The number of methoxy groups -OCH3 is 2. The number of hydrogen-bond donors (Lipinski definition) is 3. The summed E-state index contributed by atoms with van der Waals surface area (Å²) < 4.78 is 15.7. The number of esters is 1. The number of carbonyl (C=O) groups is 2. The smallest absolute Gasteiger partial charge is 0.337 e. The van der Waals surface area contributed by atoms with Gasteiger partial charge in [-0.05, 0) is 24.3 Å². The minimum atomic E-state index is -0.633. The van der Waals surface area contributed by atoms with Gasteiger partial charge in [-0.3, -0.25) is 4.79 Å². The molecule has 29 heavy (non-hydrogen) atoms. The Hall–Kier alpha value is -3.30. The van der Waals surface area contributed by atoms with E-state index < -0.39 is 11.9 Å². The van der Waals surface area contributed by atoms with Crippen molar-refractivity contribution < 1.29 is 33.7 Å². The summed E-state index contributed by atoms with van der Waals surface area (Å²) in [5.74, 6) is 0.331. The van der Waals surface area contributed by atoms with Crippen LogP contribution in [0, 0.1) is 0 Å². The standard InChI is InChI=1S/C20H22N2O7/c1-27-12-3-5-14(17-6-4-13(11-24)29-17)16(9-12)21-18-15(20(26)28-2)10-22(7-8-23)19(18)25/h3-6,9,21,23-24H,7-8,10-11H2,1-2H3. The van der Waals surface area contributed by atoms with Crippen molar-refractivity contribution in [2.24, 2.45) is 0 Å². The lowest BCUT2D eigenvalue weighted by Crippen LogP contribution is -2.31. The monoisotopic (exact) mass is 402 g/mol. The van der Waals surface area contributed by atoms with Crippen molar-refractivity contribution in [1.29, 1.82) is 0 Å². The van der Waals surface area contributed by atoms with E-state index in [4.69, 9.17) is 13.9 Å². The first-order chi connectivity index (χ1) is 14.0. The van der Waals surface area contributed by atoms with Crippen LogP contribution in [0.15, 0.2) is 46.0 Å². The molecule has 3 N–H and O–H groups in total. The SMILES string of the molecule is COC(=O)C1=C(Nc2cc(OC)ccc2-c2ccc(CO)o2)C(=O)N(CCO)C1. The van der Waals surface area contributed by atoms with Crippen LogP contribution in [0.1, 0.15) is 5.76 Å². The van der Waals surface area contributed by atoms with Gasteiger partial charge >= 0.3 is 5.97 Å². The Morgan fingerprint density at radius 2 is 2.03 bits per heavy atom. The Labute approximate surface area is 167 Å². The maximum absolute atomic E-state index is 12.8. The molecule has 0 spiro atoms. The summed E-state index contributed by atoms with van der Waals surface area (Å²) in [7, 11) is 2.75. The van der Waals surface area contributed by atoms with Crippen LogP contribution in [0.3, 0.4) is 0 Å². The molecule has 1 aromatic heterocycles. The van der Waals surface area contributed by atoms with E-state index in [-0.39, 0.29) is 37.6 Å². The second kappa shape index (κ2) is 8.80. The number of aliphatic hydroxyl groups is 2. The molecule has 0 aliphatic carbocycles. The van der Waals surface area contributed by atoms with Crippen molar-refractivity contribution in [3.05, 3.63) is 47.4 Å². The Kier molecular flexibility index (Phi) is 6.20. The zero-order chi connectivity index (χ0) is 21.0. The van der Waals surface area contributed by atoms with Gasteiger partial charge in [-0.15, -0.1) is 0 Å². The summed E-state index contributed by atoms with van der Waals surface area (Å²) in [5, 5.41) is 21.5. The number of benzene rings is 1. The van der Waals surface area contributed by atoms with Gasteiger partial charge in [0.1, 0.15) is 29.6 Å². The normalized spacial score (nSPS) is 13.8. The zero-order valence-corrected chi connectivity index (χ0v) is 16.1. The molecule has 9 nitrogen and oxygen atoms in total. The van der Waals surface area contributed by atoms with E-state index in [9.17, 15) is 19.8 Å². The lowest BCUT2D eigenvalue weighted by atomic mass is 10.1. The van der Waals surface area contributed by atoms with Crippen LogP contribution in [0.4, 0.5) is 5.69 Å². The van der Waals surface area contributed by atoms with E-state index in [1.165, 1.54) is 19.1 Å². The van der Waals surface area contributed by atoms with Crippen molar-refractivity contribution in [1.82, 2.24) is 4.90 Å². The molecule has 1 aliphatic heterocycles. The maximum atomic E-state index is 12.8. The average molecular weight is 402 g/mol. The number of furan rings is 1. The number of β-amino-alcohol motifs (C(OH)–C–C–N with tert-alkyl or cyclic N) is 1. The molecule has 1 amide bonds. The van der Waals surface area contributed by atoms with Gasteiger partial charge in [0.25, 0.3) is 5.91 Å². The Morgan fingerprint density at radius 1 is 1.24 bits per heavy atom. The fourth-order valence-corrected chi connectivity index (χ4v) is 3.06. The van der Waals surface area contributed by atoms with Crippen LogP contribution in [-0.4, -0.2) is 60.9 Å². The number of carbonyl (C=O) groups excluding carboxylic acids is 2. The van der Waals surface area contributed by atoms with Gasteiger partial charge < -0.3 is 34.3 Å². The van der Waals surface area contributed by atoms with Gasteiger partial charge in [0.2, 0.25) is 0 Å². The lowest BCUT2D eigenvalue weighted by Gasteiger charge is -2.16. The number of ether oxygens (including phenoxy) is 2. The van der Waals surface area contributed by atoms with E-state index in [0.717, 1.165) is 0 Å². The Morgan fingerprint density at radius 3 is 2.66 bits per heavy atom. The topological polar surface area (TPSA) is 121 Å². The maximum Gasteiger partial charge on any atom is 0.337 e. The lowest BCUT2D eigenvalue weighted by molar-refractivity contribution is -0.136. The summed E-state index contributed by atoms with van der Waals surface area (Å²) in [6.45, 7) is -0.351. The van der Waals surface area contributed by atoms with Crippen molar-refractivity contribution in [2.75, 3.05) is 39.2 Å². The number of aliphatic hydroxyl groups excluding tert-OH is 2. The summed E-state index contributed by atoms with van der Waals surface area (Å²) in [4.78, 5) is 26.3. The molecule has 2 aromatic rings. The molecule has 0 saturated heterocycles. The van der Waals surface area contributed by atoms with Crippen LogP contribution in [-0.2, 0) is 20.9 Å². The number of nitrogens with zero attached hydrogens (tertiary/aromatic N) is 1. The third-order valence-electron chi connectivity index (χ3n) is 4.52. The van der Waals surface area contributed by atoms with Gasteiger partial charge in [0.15, 0.2) is 0 Å². The molecular formula is C20H22N2O7. The summed E-state index contributed by atoms with van der Waals surface area (Å²) in [6, 6.07) is 8.48. The first kappa shape index (κ1) is 20.4. The highest BCUT2D eigenvalue weighted by Gasteiger charge is 2.35. The molecular weight excluding hydrogens is 380 g/mol.